The first-order valence-corrected chi connectivity index (χ1v) is 6.04. The van der Waals surface area contributed by atoms with Gasteiger partial charge in [0.1, 0.15) is 0 Å². The van der Waals surface area contributed by atoms with Gasteiger partial charge in [0.05, 0.1) is 0 Å². The predicted molar refractivity (Wildman–Crippen MR) is 69.6 cm³/mol. The van der Waals surface area contributed by atoms with Crippen LogP contribution in [0.1, 0.15) is 25.3 Å². The molecule has 1 unspecified atom stereocenters. The zero-order chi connectivity index (χ0) is 12.5. The number of nitrogens with two attached hydrogens (primary N) is 1. The van der Waals surface area contributed by atoms with Crippen molar-refractivity contribution in [1.29, 1.82) is 0 Å². The van der Waals surface area contributed by atoms with Gasteiger partial charge < -0.3 is 16.4 Å². The molecule has 0 saturated heterocycles. The molecule has 4 N–H and O–H groups in total. The van der Waals surface area contributed by atoms with E-state index in [1.54, 1.807) is 0 Å². The molecule has 1 aromatic carbocycles. The molecule has 1 atom stereocenters. The molecule has 0 radical (unpaired) electrons. The summed E-state index contributed by atoms with van der Waals surface area (Å²) in [6.45, 7) is 3.09. The van der Waals surface area contributed by atoms with E-state index in [0.717, 1.165) is 18.4 Å². The number of hydrogen-bond acceptors (Lipinski definition) is 2. The van der Waals surface area contributed by atoms with Gasteiger partial charge in [-0.1, -0.05) is 43.7 Å². The SMILES string of the molecule is CCCC(CN)NC(=O)NCc1ccccc1. The molecule has 0 aromatic heterocycles. The maximum atomic E-state index is 11.6. The quantitative estimate of drug-likeness (QED) is 0.701. The summed E-state index contributed by atoms with van der Waals surface area (Å²) in [6, 6.07) is 9.73. The minimum absolute atomic E-state index is 0.0655. The van der Waals surface area contributed by atoms with Crippen LogP contribution in [0, 0.1) is 0 Å². The number of carbonyl (C=O) groups excluding carboxylic acids is 1. The summed E-state index contributed by atoms with van der Waals surface area (Å²) < 4.78 is 0. The van der Waals surface area contributed by atoms with Crippen LogP contribution in [0.5, 0.6) is 0 Å². The number of rotatable bonds is 6. The molecule has 1 aromatic rings. The summed E-state index contributed by atoms with van der Waals surface area (Å²) in [5, 5.41) is 5.68. The molecule has 0 aliphatic heterocycles. The fraction of sp³-hybridized carbons (Fsp3) is 0.462. The zero-order valence-corrected chi connectivity index (χ0v) is 10.3. The molecule has 0 spiro atoms. The molecule has 1 rings (SSSR count). The topological polar surface area (TPSA) is 67.1 Å². The van der Waals surface area contributed by atoms with Gasteiger partial charge in [-0.25, -0.2) is 4.79 Å². The molecule has 0 bridgehead atoms. The van der Waals surface area contributed by atoms with E-state index in [1.165, 1.54) is 0 Å². The minimum Gasteiger partial charge on any atom is -0.334 e. The van der Waals surface area contributed by atoms with Crippen molar-refractivity contribution in [1.82, 2.24) is 10.6 Å². The molecule has 0 aliphatic rings. The summed E-state index contributed by atoms with van der Waals surface area (Å²) in [4.78, 5) is 11.6. The number of amides is 2. The Kier molecular flexibility index (Phi) is 6.10. The summed E-state index contributed by atoms with van der Waals surface area (Å²) in [7, 11) is 0. The zero-order valence-electron chi connectivity index (χ0n) is 10.3. The molecular formula is C13H21N3O. The van der Waals surface area contributed by atoms with E-state index in [9.17, 15) is 4.79 Å². The van der Waals surface area contributed by atoms with Crippen molar-refractivity contribution >= 4 is 6.03 Å². The number of benzene rings is 1. The van der Waals surface area contributed by atoms with Crippen LogP contribution in [0.3, 0.4) is 0 Å². The van der Waals surface area contributed by atoms with Crippen molar-refractivity contribution in [3.8, 4) is 0 Å². The fourth-order valence-electron chi connectivity index (χ4n) is 1.61. The lowest BCUT2D eigenvalue weighted by Gasteiger charge is -2.16. The Hall–Kier alpha value is -1.55. The third-order valence-electron chi connectivity index (χ3n) is 2.55. The van der Waals surface area contributed by atoms with Crippen molar-refractivity contribution in [2.24, 2.45) is 5.73 Å². The van der Waals surface area contributed by atoms with Crippen LogP contribution in [0.2, 0.25) is 0 Å². The third kappa shape index (κ3) is 5.36. The first-order chi connectivity index (χ1) is 8.26. The standard InChI is InChI=1S/C13H21N3O/c1-2-6-12(9-14)16-13(17)15-10-11-7-4-3-5-8-11/h3-5,7-8,12H,2,6,9-10,14H2,1H3,(H2,15,16,17). The van der Waals surface area contributed by atoms with Crippen LogP contribution in [0.15, 0.2) is 30.3 Å². The van der Waals surface area contributed by atoms with Crippen molar-refractivity contribution in [2.75, 3.05) is 6.54 Å². The second-order valence-corrected chi connectivity index (χ2v) is 4.03. The van der Waals surface area contributed by atoms with Crippen LogP contribution in [-0.2, 0) is 6.54 Å². The smallest absolute Gasteiger partial charge is 0.315 e. The van der Waals surface area contributed by atoms with E-state index in [2.05, 4.69) is 17.6 Å². The average Bonchev–Trinajstić information content (AvgIpc) is 2.37. The van der Waals surface area contributed by atoms with E-state index < -0.39 is 0 Å². The Bertz CT molecular complexity index is 327. The first-order valence-electron chi connectivity index (χ1n) is 6.04. The van der Waals surface area contributed by atoms with Gasteiger partial charge in [-0.2, -0.15) is 0 Å². The average molecular weight is 235 g/mol. The highest BCUT2D eigenvalue weighted by Gasteiger charge is 2.08. The summed E-state index contributed by atoms with van der Waals surface area (Å²) >= 11 is 0. The highest BCUT2D eigenvalue weighted by Crippen LogP contribution is 1.98. The van der Waals surface area contributed by atoms with Crippen LogP contribution in [0.25, 0.3) is 0 Å². The van der Waals surface area contributed by atoms with E-state index in [1.807, 2.05) is 30.3 Å². The number of hydrogen-bond donors (Lipinski definition) is 3. The predicted octanol–water partition coefficient (Wildman–Crippen LogP) is 1.61. The summed E-state index contributed by atoms with van der Waals surface area (Å²) in [6.07, 6.45) is 1.93. The lowest BCUT2D eigenvalue weighted by atomic mass is 10.2. The Balaban J connectivity index is 2.30. The molecular weight excluding hydrogens is 214 g/mol. The highest BCUT2D eigenvalue weighted by molar-refractivity contribution is 5.74. The fourth-order valence-corrected chi connectivity index (χ4v) is 1.61. The van der Waals surface area contributed by atoms with Crippen molar-refractivity contribution in [3.63, 3.8) is 0 Å². The van der Waals surface area contributed by atoms with Crippen molar-refractivity contribution in [2.45, 2.75) is 32.4 Å². The first kappa shape index (κ1) is 13.5. The molecule has 0 saturated carbocycles. The minimum atomic E-state index is -0.155. The number of nitrogens with one attached hydrogen (secondary N) is 2. The second kappa shape index (κ2) is 7.68. The van der Waals surface area contributed by atoms with Gasteiger partial charge in [0.25, 0.3) is 0 Å². The monoisotopic (exact) mass is 235 g/mol. The van der Waals surface area contributed by atoms with Gasteiger partial charge in [-0.15, -0.1) is 0 Å². The molecule has 4 heteroatoms. The van der Waals surface area contributed by atoms with Gasteiger partial charge in [-0.05, 0) is 12.0 Å². The largest absolute Gasteiger partial charge is 0.334 e. The van der Waals surface area contributed by atoms with E-state index >= 15 is 0 Å². The van der Waals surface area contributed by atoms with Gasteiger partial charge in [0.2, 0.25) is 0 Å². The molecule has 0 aliphatic carbocycles. The highest BCUT2D eigenvalue weighted by atomic mass is 16.2. The lowest BCUT2D eigenvalue weighted by molar-refractivity contribution is 0.236. The van der Waals surface area contributed by atoms with Gasteiger partial charge in [-0.3, -0.25) is 0 Å². The van der Waals surface area contributed by atoms with E-state index in [-0.39, 0.29) is 12.1 Å². The maximum absolute atomic E-state index is 11.6. The van der Waals surface area contributed by atoms with E-state index in [0.29, 0.717) is 13.1 Å². The van der Waals surface area contributed by atoms with Gasteiger partial charge in [0.15, 0.2) is 0 Å². The van der Waals surface area contributed by atoms with Crippen molar-refractivity contribution < 1.29 is 4.79 Å². The molecule has 94 valence electrons. The molecule has 0 fully saturated rings. The molecule has 4 nitrogen and oxygen atoms in total. The van der Waals surface area contributed by atoms with Gasteiger partial charge in [0, 0.05) is 19.1 Å². The second-order valence-electron chi connectivity index (χ2n) is 4.03. The van der Waals surface area contributed by atoms with Crippen LogP contribution >= 0.6 is 0 Å². The Morgan fingerprint density at radius 1 is 1.35 bits per heavy atom. The lowest BCUT2D eigenvalue weighted by Crippen LogP contribution is -2.45. The normalized spacial score (nSPS) is 11.9. The molecule has 17 heavy (non-hydrogen) atoms. The summed E-state index contributed by atoms with van der Waals surface area (Å²) in [5.74, 6) is 0. The molecule has 0 heterocycles. The molecule has 2 amide bonds. The van der Waals surface area contributed by atoms with E-state index in [4.69, 9.17) is 5.73 Å². The number of carbonyl (C=O) groups is 1. The third-order valence-corrected chi connectivity index (χ3v) is 2.55. The van der Waals surface area contributed by atoms with Crippen LogP contribution in [0.4, 0.5) is 4.79 Å². The van der Waals surface area contributed by atoms with Crippen molar-refractivity contribution in [3.05, 3.63) is 35.9 Å². The Labute approximate surface area is 103 Å². The number of urea groups is 1. The maximum Gasteiger partial charge on any atom is 0.315 e. The Morgan fingerprint density at radius 3 is 2.65 bits per heavy atom. The van der Waals surface area contributed by atoms with Crippen LogP contribution < -0.4 is 16.4 Å². The van der Waals surface area contributed by atoms with Crippen LogP contribution in [-0.4, -0.2) is 18.6 Å². The Morgan fingerprint density at radius 2 is 2.06 bits per heavy atom. The van der Waals surface area contributed by atoms with Gasteiger partial charge >= 0.3 is 6.03 Å². The summed E-state index contributed by atoms with van der Waals surface area (Å²) in [5.41, 5.74) is 6.66.